The third-order valence-electron chi connectivity index (χ3n) is 3.07. The summed E-state index contributed by atoms with van der Waals surface area (Å²) in [6.07, 6.45) is 2.39. The van der Waals surface area contributed by atoms with Gasteiger partial charge in [0.05, 0.1) is 5.51 Å². The number of nitrogens with zero attached hydrogens (tertiary/aromatic N) is 2. The molecule has 1 aromatic heterocycles. The van der Waals surface area contributed by atoms with Crippen LogP contribution in [0.2, 0.25) is 0 Å². The maximum absolute atomic E-state index is 12.4. The van der Waals surface area contributed by atoms with E-state index in [2.05, 4.69) is 4.98 Å². The average Bonchev–Trinajstić information content (AvgIpc) is 2.98. The van der Waals surface area contributed by atoms with Crippen LogP contribution in [0.5, 0.6) is 0 Å². The van der Waals surface area contributed by atoms with Gasteiger partial charge in [0.1, 0.15) is 0 Å². The first-order chi connectivity index (χ1) is 8.48. The normalized spacial score (nSPS) is 21.3. The van der Waals surface area contributed by atoms with Gasteiger partial charge in [0.15, 0.2) is 9.90 Å². The summed E-state index contributed by atoms with van der Waals surface area (Å²) >= 11 is 0.863. The van der Waals surface area contributed by atoms with Crippen LogP contribution in [-0.4, -0.2) is 41.4 Å². The van der Waals surface area contributed by atoms with Gasteiger partial charge in [-0.05, 0) is 19.3 Å². The van der Waals surface area contributed by atoms with Crippen molar-refractivity contribution in [3.05, 3.63) is 11.2 Å². The number of carboxylic acid groups (broad SMARTS) is 1. The molecule has 0 saturated carbocycles. The Morgan fingerprint density at radius 3 is 3.00 bits per heavy atom. The van der Waals surface area contributed by atoms with Crippen LogP contribution in [0.1, 0.15) is 36.7 Å². The van der Waals surface area contributed by atoms with Crippen molar-refractivity contribution < 1.29 is 18.3 Å². The molecule has 2 rings (SSSR count). The van der Waals surface area contributed by atoms with Crippen molar-refractivity contribution in [2.24, 2.45) is 0 Å². The average molecular weight is 290 g/mol. The van der Waals surface area contributed by atoms with Crippen LogP contribution in [-0.2, 0) is 10.0 Å². The minimum Gasteiger partial charge on any atom is -0.476 e. The maximum Gasteiger partial charge on any atom is 0.356 e. The van der Waals surface area contributed by atoms with E-state index in [1.807, 2.05) is 6.92 Å². The number of carboxylic acids is 1. The number of aromatic carboxylic acids is 1. The summed E-state index contributed by atoms with van der Waals surface area (Å²) in [6, 6.07) is -0.0289. The second-order valence-electron chi connectivity index (χ2n) is 4.11. The summed E-state index contributed by atoms with van der Waals surface area (Å²) in [4.78, 5) is 14.6. The lowest BCUT2D eigenvalue weighted by Gasteiger charge is -2.22. The van der Waals surface area contributed by atoms with Gasteiger partial charge in [0, 0.05) is 12.6 Å². The molecular weight excluding hydrogens is 276 g/mol. The third-order valence-corrected chi connectivity index (χ3v) is 6.37. The molecule has 1 N–H and O–H groups in total. The number of aromatic nitrogens is 1. The van der Waals surface area contributed by atoms with Crippen molar-refractivity contribution in [3.63, 3.8) is 0 Å². The molecule has 0 aromatic carbocycles. The highest BCUT2D eigenvalue weighted by Gasteiger charge is 2.37. The van der Waals surface area contributed by atoms with E-state index in [-0.39, 0.29) is 15.9 Å². The first-order valence-electron chi connectivity index (χ1n) is 5.67. The molecule has 1 aromatic rings. The Kier molecular flexibility index (Phi) is 3.69. The first kappa shape index (κ1) is 13.4. The molecule has 6 nitrogen and oxygen atoms in total. The van der Waals surface area contributed by atoms with E-state index in [0.29, 0.717) is 6.54 Å². The summed E-state index contributed by atoms with van der Waals surface area (Å²) in [5.41, 5.74) is 0.884. The zero-order chi connectivity index (χ0) is 13.3. The molecule has 1 atom stereocenters. The van der Waals surface area contributed by atoms with E-state index in [1.165, 1.54) is 9.82 Å². The van der Waals surface area contributed by atoms with Crippen LogP contribution >= 0.6 is 11.3 Å². The third kappa shape index (κ3) is 2.15. The Morgan fingerprint density at radius 2 is 2.39 bits per heavy atom. The highest BCUT2D eigenvalue weighted by molar-refractivity contribution is 7.91. The number of hydrogen-bond acceptors (Lipinski definition) is 5. The van der Waals surface area contributed by atoms with Gasteiger partial charge in [-0.15, -0.1) is 11.3 Å². The van der Waals surface area contributed by atoms with E-state index in [0.717, 1.165) is 30.6 Å². The molecule has 1 fully saturated rings. The SMILES string of the molecule is CCC1CCCN1S(=O)(=O)c1scnc1C(=O)O. The van der Waals surface area contributed by atoms with Crippen molar-refractivity contribution in [1.29, 1.82) is 0 Å². The molecule has 1 aliphatic rings. The lowest BCUT2D eigenvalue weighted by atomic mass is 10.2. The van der Waals surface area contributed by atoms with Crippen molar-refractivity contribution in [3.8, 4) is 0 Å². The molecular formula is C10H14N2O4S2. The van der Waals surface area contributed by atoms with Crippen molar-refractivity contribution in [1.82, 2.24) is 9.29 Å². The molecule has 2 heterocycles. The first-order valence-corrected chi connectivity index (χ1v) is 7.99. The van der Waals surface area contributed by atoms with Gasteiger partial charge in [-0.1, -0.05) is 6.92 Å². The second-order valence-corrected chi connectivity index (χ2v) is 7.05. The minimum atomic E-state index is -3.72. The summed E-state index contributed by atoms with van der Waals surface area (Å²) in [7, 11) is -3.72. The Morgan fingerprint density at radius 1 is 1.67 bits per heavy atom. The molecule has 0 amide bonds. The molecule has 18 heavy (non-hydrogen) atoms. The Balaban J connectivity index is 2.42. The Labute approximate surface area is 109 Å². The van der Waals surface area contributed by atoms with Gasteiger partial charge in [0.2, 0.25) is 0 Å². The highest BCUT2D eigenvalue weighted by atomic mass is 32.2. The van der Waals surface area contributed by atoms with E-state index in [4.69, 9.17) is 5.11 Å². The molecule has 1 unspecified atom stereocenters. The predicted octanol–water partition coefficient (Wildman–Crippen LogP) is 1.40. The molecule has 0 bridgehead atoms. The second kappa shape index (κ2) is 4.94. The van der Waals surface area contributed by atoms with Gasteiger partial charge >= 0.3 is 5.97 Å². The van der Waals surface area contributed by atoms with Gasteiger partial charge < -0.3 is 5.11 Å². The monoisotopic (exact) mass is 290 g/mol. The molecule has 100 valence electrons. The zero-order valence-electron chi connectivity index (χ0n) is 9.87. The smallest absolute Gasteiger partial charge is 0.356 e. The van der Waals surface area contributed by atoms with Crippen molar-refractivity contribution in [2.75, 3.05) is 6.54 Å². The van der Waals surface area contributed by atoms with E-state index in [1.54, 1.807) is 0 Å². The molecule has 8 heteroatoms. The van der Waals surface area contributed by atoms with E-state index < -0.39 is 16.0 Å². The molecule has 0 radical (unpaired) electrons. The van der Waals surface area contributed by atoms with Crippen molar-refractivity contribution in [2.45, 2.75) is 36.4 Å². The van der Waals surface area contributed by atoms with Crippen LogP contribution in [0.3, 0.4) is 0 Å². The number of carbonyl (C=O) groups is 1. The predicted molar refractivity (Wildman–Crippen MR) is 66.3 cm³/mol. The van der Waals surface area contributed by atoms with Crippen LogP contribution in [0.15, 0.2) is 9.72 Å². The minimum absolute atomic E-state index is 0.0289. The van der Waals surface area contributed by atoms with Gasteiger partial charge in [-0.2, -0.15) is 4.31 Å². The van der Waals surface area contributed by atoms with Crippen LogP contribution in [0.4, 0.5) is 0 Å². The van der Waals surface area contributed by atoms with Crippen molar-refractivity contribution >= 4 is 27.3 Å². The fourth-order valence-electron chi connectivity index (χ4n) is 2.20. The number of sulfonamides is 1. The van der Waals surface area contributed by atoms with E-state index >= 15 is 0 Å². The quantitative estimate of drug-likeness (QED) is 0.905. The zero-order valence-corrected chi connectivity index (χ0v) is 11.5. The molecule has 0 aliphatic carbocycles. The van der Waals surface area contributed by atoms with Crippen LogP contribution < -0.4 is 0 Å². The summed E-state index contributed by atoms with van der Waals surface area (Å²) < 4.78 is 26.1. The van der Waals surface area contributed by atoms with Crippen LogP contribution in [0.25, 0.3) is 0 Å². The number of hydrogen-bond donors (Lipinski definition) is 1. The Hall–Kier alpha value is -0.990. The topological polar surface area (TPSA) is 87.6 Å². The fraction of sp³-hybridized carbons (Fsp3) is 0.600. The van der Waals surface area contributed by atoms with Gasteiger partial charge in [0.25, 0.3) is 10.0 Å². The van der Waals surface area contributed by atoms with Gasteiger partial charge in [-0.3, -0.25) is 0 Å². The van der Waals surface area contributed by atoms with Crippen LogP contribution in [0, 0.1) is 0 Å². The highest BCUT2D eigenvalue weighted by Crippen LogP contribution is 2.31. The van der Waals surface area contributed by atoms with Gasteiger partial charge in [-0.25, -0.2) is 18.2 Å². The lowest BCUT2D eigenvalue weighted by molar-refractivity contribution is 0.0687. The largest absolute Gasteiger partial charge is 0.476 e. The summed E-state index contributed by atoms with van der Waals surface area (Å²) in [5, 5.41) is 8.94. The lowest BCUT2D eigenvalue weighted by Crippen LogP contribution is -2.35. The molecule has 1 aliphatic heterocycles. The maximum atomic E-state index is 12.4. The Bertz CT molecular complexity index is 552. The fourth-order valence-corrected chi connectivity index (χ4v) is 5.22. The van der Waals surface area contributed by atoms with E-state index in [9.17, 15) is 13.2 Å². The number of rotatable bonds is 4. The molecule has 1 saturated heterocycles. The standard InChI is InChI=1S/C10H14N2O4S2/c1-2-7-4-3-5-12(7)18(15,16)10-8(9(13)14)11-6-17-10/h6-7H,2-5H2,1H3,(H,13,14). The summed E-state index contributed by atoms with van der Waals surface area (Å²) in [5.74, 6) is -1.30. The number of thiazole rings is 1. The summed E-state index contributed by atoms with van der Waals surface area (Å²) in [6.45, 7) is 2.39. The molecule has 0 spiro atoms.